The molecule has 3 nitrogen and oxygen atoms in total. The van der Waals surface area contributed by atoms with Crippen LogP contribution in [0, 0.1) is 0 Å². The summed E-state index contributed by atoms with van der Waals surface area (Å²) in [6.07, 6.45) is 1.88. The molecule has 0 spiro atoms. The van der Waals surface area contributed by atoms with Gasteiger partial charge in [0.1, 0.15) is 0 Å². The highest BCUT2D eigenvalue weighted by Gasteiger charge is 2.09. The Kier molecular flexibility index (Phi) is 5.41. The van der Waals surface area contributed by atoms with E-state index in [1.54, 1.807) is 12.1 Å². The molecule has 3 N–H and O–H groups in total. The first-order valence-electron chi connectivity index (χ1n) is 6.66. The Morgan fingerprint density at radius 3 is 2.33 bits per heavy atom. The zero-order valence-corrected chi connectivity index (χ0v) is 12.3. The third kappa shape index (κ3) is 4.65. The number of hydrogen-bond acceptors (Lipinski definition) is 2. The lowest BCUT2D eigenvalue weighted by molar-refractivity contribution is -0.117. The van der Waals surface area contributed by atoms with Crippen LogP contribution in [0.25, 0.3) is 0 Å². The van der Waals surface area contributed by atoms with E-state index < -0.39 is 0 Å². The van der Waals surface area contributed by atoms with E-state index in [4.69, 9.17) is 17.3 Å². The van der Waals surface area contributed by atoms with E-state index in [0.29, 0.717) is 23.6 Å². The number of halogens is 1. The summed E-state index contributed by atoms with van der Waals surface area (Å²) < 4.78 is 0. The molecular formula is C17H17ClN2O. The molecule has 0 saturated heterocycles. The van der Waals surface area contributed by atoms with Gasteiger partial charge >= 0.3 is 0 Å². The van der Waals surface area contributed by atoms with Crippen molar-refractivity contribution in [1.29, 1.82) is 0 Å². The van der Waals surface area contributed by atoms with Gasteiger partial charge in [-0.3, -0.25) is 4.79 Å². The van der Waals surface area contributed by atoms with Crippen LogP contribution in [0.5, 0.6) is 0 Å². The van der Waals surface area contributed by atoms with E-state index in [-0.39, 0.29) is 5.91 Å². The van der Waals surface area contributed by atoms with Gasteiger partial charge in [0, 0.05) is 29.8 Å². The van der Waals surface area contributed by atoms with Crippen LogP contribution in [-0.4, -0.2) is 5.91 Å². The molecule has 4 heteroatoms. The molecule has 0 unspecified atom stereocenters. The molecule has 21 heavy (non-hydrogen) atoms. The van der Waals surface area contributed by atoms with Crippen LogP contribution >= 0.6 is 11.6 Å². The normalized spacial score (nSPS) is 11.2. The van der Waals surface area contributed by atoms with Crippen LogP contribution < -0.4 is 11.1 Å². The van der Waals surface area contributed by atoms with Gasteiger partial charge < -0.3 is 11.1 Å². The van der Waals surface area contributed by atoms with Crippen LogP contribution in [0.2, 0.25) is 5.02 Å². The molecule has 0 heterocycles. The van der Waals surface area contributed by atoms with Crippen LogP contribution in [0.3, 0.4) is 0 Å². The summed E-state index contributed by atoms with van der Waals surface area (Å²) in [6.45, 7) is 0.447. The number of rotatable bonds is 5. The zero-order valence-electron chi connectivity index (χ0n) is 11.6. The molecular weight excluding hydrogens is 284 g/mol. The quantitative estimate of drug-likeness (QED) is 0.834. The molecule has 2 aromatic carbocycles. The second kappa shape index (κ2) is 7.50. The third-order valence-corrected chi connectivity index (χ3v) is 3.35. The topological polar surface area (TPSA) is 55.1 Å². The lowest BCUT2D eigenvalue weighted by atomic mass is 10.1. The molecule has 1 amide bonds. The standard InChI is InChI=1S/C17H17ClN2O/c18-16-8-6-14(7-9-16)12-20-17(21)15(11-19)10-13-4-2-1-3-5-13/h1-9,11H,10,12,19H2,(H,20,21)/b15-11-. The van der Waals surface area contributed by atoms with Crippen molar-refractivity contribution in [3.8, 4) is 0 Å². The molecule has 0 aliphatic rings. The van der Waals surface area contributed by atoms with Gasteiger partial charge in [-0.2, -0.15) is 0 Å². The molecule has 108 valence electrons. The first kappa shape index (κ1) is 15.1. The molecule has 0 radical (unpaired) electrons. The Hall–Kier alpha value is -2.26. The zero-order chi connectivity index (χ0) is 15.1. The molecule has 2 rings (SSSR count). The number of amides is 1. The van der Waals surface area contributed by atoms with Gasteiger partial charge in [0.15, 0.2) is 0 Å². The minimum absolute atomic E-state index is 0.156. The fourth-order valence-corrected chi connectivity index (χ4v) is 2.05. The highest BCUT2D eigenvalue weighted by Crippen LogP contribution is 2.10. The fraction of sp³-hybridized carbons (Fsp3) is 0.118. The van der Waals surface area contributed by atoms with E-state index in [2.05, 4.69) is 5.32 Å². The molecule has 0 saturated carbocycles. The van der Waals surface area contributed by atoms with Crippen LogP contribution in [0.1, 0.15) is 11.1 Å². The molecule has 0 bridgehead atoms. The molecule has 0 aliphatic heterocycles. The fourth-order valence-electron chi connectivity index (χ4n) is 1.93. The van der Waals surface area contributed by atoms with Crippen molar-refractivity contribution >= 4 is 17.5 Å². The Morgan fingerprint density at radius 2 is 1.71 bits per heavy atom. The number of carbonyl (C=O) groups excluding carboxylic acids is 1. The van der Waals surface area contributed by atoms with Crippen molar-refractivity contribution in [2.75, 3.05) is 0 Å². The lowest BCUT2D eigenvalue weighted by Crippen LogP contribution is -2.26. The van der Waals surface area contributed by atoms with Gasteiger partial charge in [-0.15, -0.1) is 0 Å². The van der Waals surface area contributed by atoms with Crippen LogP contribution in [0.4, 0.5) is 0 Å². The van der Waals surface area contributed by atoms with Gasteiger partial charge in [0.2, 0.25) is 5.91 Å². The average molecular weight is 301 g/mol. The van der Waals surface area contributed by atoms with E-state index >= 15 is 0 Å². The number of carbonyl (C=O) groups is 1. The summed E-state index contributed by atoms with van der Waals surface area (Å²) in [5, 5.41) is 3.54. The summed E-state index contributed by atoms with van der Waals surface area (Å²) in [4.78, 5) is 12.1. The molecule has 0 aliphatic carbocycles. The summed E-state index contributed by atoms with van der Waals surface area (Å²) in [5.41, 5.74) is 8.16. The maximum absolute atomic E-state index is 12.1. The minimum Gasteiger partial charge on any atom is -0.404 e. The van der Waals surface area contributed by atoms with Gasteiger partial charge in [0.05, 0.1) is 0 Å². The van der Waals surface area contributed by atoms with Gasteiger partial charge in [-0.1, -0.05) is 54.1 Å². The Labute approximate surface area is 129 Å². The van der Waals surface area contributed by atoms with E-state index in [0.717, 1.165) is 11.1 Å². The smallest absolute Gasteiger partial charge is 0.249 e. The van der Waals surface area contributed by atoms with Crippen molar-refractivity contribution in [3.05, 3.63) is 82.5 Å². The highest BCUT2D eigenvalue weighted by molar-refractivity contribution is 6.30. The lowest BCUT2D eigenvalue weighted by Gasteiger charge is -2.09. The predicted molar refractivity (Wildman–Crippen MR) is 85.7 cm³/mol. The molecule has 0 fully saturated rings. The largest absolute Gasteiger partial charge is 0.404 e. The Balaban J connectivity index is 1.93. The third-order valence-electron chi connectivity index (χ3n) is 3.10. The molecule has 0 aromatic heterocycles. The highest BCUT2D eigenvalue weighted by atomic mass is 35.5. The number of hydrogen-bond donors (Lipinski definition) is 2. The minimum atomic E-state index is -0.156. The number of benzene rings is 2. The number of nitrogens with one attached hydrogen (secondary N) is 1. The molecule has 2 aromatic rings. The van der Waals surface area contributed by atoms with E-state index in [1.165, 1.54) is 6.20 Å². The van der Waals surface area contributed by atoms with Crippen LogP contribution in [0.15, 0.2) is 66.4 Å². The first-order valence-corrected chi connectivity index (χ1v) is 7.04. The second-order valence-electron chi connectivity index (χ2n) is 4.66. The van der Waals surface area contributed by atoms with Gasteiger partial charge in [-0.05, 0) is 23.3 Å². The second-order valence-corrected chi connectivity index (χ2v) is 5.10. The maximum atomic E-state index is 12.1. The van der Waals surface area contributed by atoms with E-state index in [9.17, 15) is 4.79 Å². The summed E-state index contributed by atoms with van der Waals surface area (Å²) >= 11 is 5.82. The average Bonchev–Trinajstić information content (AvgIpc) is 2.52. The monoisotopic (exact) mass is 300 g/mol. The van der Waals surface area contributed by atoms with Crippen molar-refractivity contribution in [1.82, 2.24) is 5.32 Å². The molecule has 0 atom stereocenters. The van der Waals surface area contributed by atoms with Gasteiger partial charge in [0.25, 0.3) is 0 Å². The Bertz CT molecular complexity index is 621. The van der Waals surface area contributed by atoms with Crippen LogP contribution in [-0.2, 0) is 17.8 Å². The Morgan fingerprint density at radius 1 is 1.05 bits per heavy atom. The summed E-state index contributed by atoms with van der Waals surface area (Å²) in [6, 6.07) is 17.1. The first-order chi connectivity index (χ1) is 10.2. The van der Waals surface area contributed by atoms with E-state index in [1.807, 2.05) is 42.5 Å². The summed E-state index contributed by atoms with van der Waals surface area (Å²) in [7, 11) is 0. The van der Waals surface area contributed by atoms with Gasteiger partial charge in [-0.25, -0.2) is 0 Å². The summed E-state index contributed by atoms with van der Waals surface area (Å²) in [5.74, 6) is -0.156. The maximum Gasteiger partial charge on any atom is 0.249 e. The van der Waals surface area contributed by atoms with Crippen molar-refractivity contribution < 1.29 is 4.79 Å². The number of nitrogens with two attached hydrogens (primary N) is 1. The predicted octanol–water partition coefficient (Wildman–Crippen LogP) is 3.04. The SMILES string of the molecule is N/C=C(/Cc1ccccc1)C(=O)NCc1ccc(Cl)cc1. The van der Waals surface area contributed by atoms with Crippen molar-refractivity contribution in [2.45, 2.75) is 13.0 Å². The van der Waals surface area contributed by atoms with Crippen molar-refractivity contribution in [3.63, 3.8) is 0 Å². The van der Waals surface area contributed by atoms with Crippen molar-refractivity contribution in [2.24, 2.45) is 5.73 Å².